The minimum absolute atomic E-state index is 0. The summed E-state index contributed by atoms with van der Waals surface area (Å²) in [6.07, 6.45) is 2.02. The highest BCUT2D eigenvalue weighted by molar-refractivity contribution is 8.93. The van der Waals surface area contributed by atoms with Crippen molar-refractivity contribution in [2.45, 2.75) is 18.9 Å². The Kier molecular flexibility index (Phi) is 3.91. The molecule has 22 heavy (non-hydrogen) atoms. The van der Waals surface area contributed by atoms with Crippen LogP contribution in [0.4, 0.5) is 0 Å². The van der Waals surface area contributed by atoms with Gasteiger partial charge in [-0.3, -0.25) is 4.90 Å². The van der Waals surface area contributed by atoms with E-state index in [4.69, 9.17) is 4.74 Å². The molecule has 2 aromatic rings. The molecule has 4 heteroatoms. The summed E-state index contributed by atoms with van der Waals surface area (Å²) in [5.41, 5.74) is 6.04. The van der Waals surface area contributed by atoms with Crippen LogP contribution < -0.4 is 4.74 Å². The van der Waals surface area contributed by atoms with Crippen molar-refractivity contribution in [2.24, 2.45) is 0 Å². The Morgan fingerprint density at radius 3 is 2.77 bits per heavy atom. The smallest absolute Gasteiger partial charge is 0.166 e. The van der Waals surface area contributed by atoms with Crippen LogP contribution in [-0.2, 0) is 12.8 Å². The van der Waals surface area contributed by atoms with Gasteiger partial charge in [0.05, 0.1) is 7.11 Å². The van der Waals surface area contributed by atoms with Gasteiger partial charge in [0.2, 0.25) is 0 Å². The van der Waals surface area contributed by atoms with E-state index in [-0.39, 0.29) is 22.7 Å². The standard InChI is InChI=1S/C18H19NO2.BrH/c1-19-8-7-12-10-15(21-2)18(20)17-13-6-4-3-5-11(13)9-14(19)16(12)17;/h3-6,10,14,20H,7-9H2,1-2H3;1H. The largest absolute Gasteiger partial charge is 0.504 e. The average Bonchev–Trinajstić information content (AvgIpc) is 2.52. The number of rotatable bonds is 1. The monoisotopic (exact) mass is 361 g/mol. The second-order valence-corrected chi connectivity index (χ2v) is 5.98. The zero-order chi connectivity index (χ0) is 14.6. The second kappa shape index (κ2) is 5.60. The van der Waals surface area contributed by atoms with Crippen molar-refractivity contribution >= 4 is 17.0 Å². The third kappa shape index (κ3) is 2.05. The van der Waals surface area contributed by atoms with E-state index in [2.05, 4.69) is 30.1 Å². The molecule has 0 amide bonds. The molecule has 0 bridgehead atoms. The molecule has 116 valence electrons. The van der Waals surface area contributed by atoms with Gasteiger partial charge in [0, 0.05) is 18.2 Å². The fourth-order valence-electron chi connectivity index (χ4n) is 3.81. The molecule has 3 nitrogen and oxygen atoms in total. The third-order valence-corrected chi connectivity index (χ3v) is 4.91. The van der Waals surface area contributed by atoms with Gasteiger partial charge in [-0.15, -0.1) is 17.0 Å². The third-order valence-electron chi connectivity index (χ3n) is 4.91. The lowest BCUT2D eigenvalue weighted by molar-refractivity contribution is 0.227. The molecule has 1 aliphatic carbocycles. The highest BCUT2D eigenvalue weighted by Gasteiger charge is 2.35. The number of hydrogen-bond acceptors (Lipinski definition) is 3. The first kappa shape index (κ1) is 15.4. The van der Waals surface area contributed by atoms with E-state index in [0.29, 0.717) is 11.8 Å². The summed E-state index contributed by atoms with van der Waals surface area (Å²) < 4.78 is 5.39. The van der Waals surface area contributed by atoms with Gasteiger partial charge in [0.1, 0.15) is 0 Å². The maximum absolute atomic E-state index is 10.7. The highest BCUT2D eigenvalue weighted by atomic mass is 79.9. The molecule has 0 saturated heterocycles. The number of phenols is 1. The van der Waals surface area contributed by atoms with Gasteiger partial charge in [-0.1, -0.05) is 24.3 Å². The second-order valence-electron chi connectivity index (χ2n) is 5.98. The van der Waals surface area contributed by atoms with Gasteiger partial charge >= 0.3 is 0 Å². The molecule has 0 radical (unpaired) electrons. The van der Waals surface area contributed by atoms with Gasteiger partial charge in [-0.25, -0.2) is 0 Å². The van der Waals surface area contributed by atoms with Crippen LogP contribution in [0.15, 0.2) is 30.3 Å². The number of halogens is 1. The molecule has 1 atom stereocenters. The summed E-state index contributed by atoms with van der Waals surface area (Å²) in [7, 11) is 3.79. The zero-order valence-electron chi connectivity index (χ0n) is 12.8. The molecular weight excluding hydrogens is 342 g/mol. The van der Waals surface area contributed by atoms with Gasteiger partial charge in [-0.2, -0.15) is 0 Å². The van der Waals surface area contributed by atoms with Crippen LogP contribution in [0, 0.1) is 0 Å². The molecular formula is C18H20BrNO2. The Morgan fingerprint density at radius 1 is 1.23 bits per heavy atom. The van der Waals surface area contributed by atoms with E-state index in [1.54, 1.807) is 7.11 Å². The summed E-state index contributed by atoms with van der Waals surface area (Å²) in [5.74, 6) is 0.868. The molecule has 1 N–H and O–H groups in total. The average molecular weight is 362 g/mol. The zero-order valence-corrected chi connectivity index (χ0v) is 14.5. The van der Waals surface area contributed by atoms with Crippen LogP contribution in [0.25, 0.3) is 11.1 Å². The van der Waals surface area contributed by atoms with Gasteiger partial charge in [0.25, 0.3) is 0 Å². The quantitative estimate of drug-likeness (QED) is 0.839. The van der Waals surface area contributed by atoms with Crippen LogP contribution in [-0.4, -0.2) is 30.7 Å². The number of methoxy groups -OCH3 is 1. The molecule has 4 rings (SSSR count). The number of nitrogens with zero attached hydrogens (tertiary/aromatic N) is 1. The van der Waals surface area contributed by atoms with E-state index in [1.165, 1.54) is 16.7 Å². The Hall–Kier alpha value is -1.52. The molecule has 2 aromatic carbocycles. The number of benzene rings is 2. The normalized spacial score (nSPS) is 18.9. The fourth-order valence-corrected chi connectivity index (χ4v) is 3.81. The first-order chi connectivity index (χ1) is 10.2. The topological polar surface area (TPSA) is 32.7 Å². The maximum Gasteiger partial charge on any atom is 0.166 e. The van der Waals surface area contributed by atoms with Crippen LogP contribution in [0.5, 0.6) is 11.5 Å². The number of hydrogen-bond donors (Lipinski definition) is 1. The number of ether oxygens (including phenoxy) is 1. The van der Waals surface area contributed by atoms with Crippen molar-refractivity contribution in [3.05, 3.63) is 47.0 Å². The first-order valence-corrected chi connectivity index (χ1v) is 7.42. The number of aromatic hydroxyl groups is 1. The summed E-state index contributed by atoms with van der Waals surface area (Å²) in [6.45, 7) is 1.05. The molecule has 0 spiro atoms. The van der Waals surface area contributed by atoms with Crippen molar-refractivity contribution < 1.29 is 9.84 Å². The van der Waals surface area contributed by atoms with Crippen molar-refractivity contribution in [1.82, 2.24) is 4.90 Å². The maximum atomic E-state index is 10.7. The molecule has 0 fully saturated rings. The van der Waals surface area contributed by atoms with Gasteiger partial charge < -0.3 is 9.84 Å². The van der Waals surface area contributed by atoms with E-state index in [9.17, 15) is 5.11 Å². The predicted molar refractivity (Wildman–Crippen MR) is 93.2 cm³/mol. The van der Waals surface area contributed by atoms with Crippen molar-refractivity contribution in [3.8, 4) is 22.6 Å². The lowest BCUT2D eigenvalue weighted by Crippen LogP contribution is -2.35. The SMILES string of the molecule is Br.COc1cc2c3c(c1O)-c1ccccc1CC3N(C)CC2. The Balaban J connectivity index is 0.00000144. The van der Waals surface area contributed by atoms with E-state index in [0.717, 1.165) is 30.5 Å². The molecule has 2 aliphatic rings. The van der Waals surface area contributed by atoms with E-state index < -0.39 is 0 Å². The molecule has 0 aromatic heterocycles. The minimum Gasteiger partial charge on any atom is -0.504 e. The van der Waals surface area contributed by atoms with E-state index >= 15 is 0 Å². The van der Waals surface area contributed by atoms with Gasteiger partial charge in [0.15, 0.2) is 11.5 Å². The summed E-state index contributed by atoms with van der Waals surface area (Å²) in [4.78, 5) is 2.40. The van der Waals surface area contributed by atoms with Crippen molar-refractivity contribution in [3.63, 3.8) is 0 Å². The van der Waals surface area contributed by atoms with Crippen LogP contribution in [0.1, 0.15) is 22.7 Å². The molecule has 0 saturated carbocycles. The molecule has 1 heterocycles. The molecule has 1 unspecified atom stereocenters. The minimum atomic E-state index is 0. The van der Waals surface area contributed by atoms with Crippen molar-refractivity contribution in [1.29, 1.82) is 0 Å². The Morgan fingerprint density at radius 2 is 2.00 bits per heavy atom. The Bertz CT molecular complexity index is 729. The summed E-state index contributed by atoms with van der Waals surface area (Å²) >= 11 is 0. The lowest BCUT2D eigenvalue weighted by Gasteiger charge is -2.40. The van der Waals surface area contributed by atoms with E-state index in [1.807, 2.05) is 12.1 Å². The van der Waals surface area contributed by atoms with Crippen molar-refractivity contribution in [2.75, 3.05) is 20.7 Å². The summed E-state index contributed by atoms with van der Waals surface area (Å²) in [5, 5.41) is 10.7. The van der Waals surface area contributed by atoms with Crippen LogP contribution in [0.3, 0.4) is 0 Å². The number of phenolic OH excluding ortho intramolecular Hbond substituents is 1. The Labute approximate surface area is 141 Å². The predicted octanol–water partition coefficient (Wildman–Crippen LogP) is 3.73. The molecule has 1 aliphatic heterocycles. The number of fused-ring (bicyclic) bond motifs is 2. The fraction of sp³-hybridized carbons (Fsp3) is 0.333. The van der Waals surface area contributed by atoms with Crippen LogP contribution >= 0.6 is 17.0 Å². The van der Waals surface area contributed by atoms with Gasteiger partial charge in [-0.05, 0) is 48.2 Å². The number of likely N-dealkylation sites (N-methyl/N-ethyl adjacent to an activating group) is 1. The lowest BCUT2D eigenvalue weighted by atomic mass is 9.76. The first-order valence-electron chi connectivity index (χ1n) is 7.42. The summed E-state index contributed by atoms with van der Waals surface area (Å²) in [6, 6.07) is 10.8. The van der Waals surface area contributed by atoms with Crippen LogP contribution in [0.2, 0.25) is 0 Å². The highest BCUT2D eigenvalue weighted by Crippen LogP contribution is 2.51.